The van der Waals surface area contributed by atoms with Gasteiger partial charge in [0.25, 0.3) is 0 Å². The predicted molar refractivity (Wildman–Crippen MR) is 108 cm³/mol. The van der Waals surface area contributed by atoms with Gasteiger partial charge in [-0.25, -0.2) is 4.79 Å². The van der Waals surface area contributed by atoms with Crippen LogP contribution in [0.15, 0.2) is 43.0 Å². The Labute approximate surface area is 169 Å². The number of nitrogens with one attached hydrogen (secondary N) is 1. The second-order valence-electron chi connectivity index (χ2n) is 7.64. The van der Waals surface area contributed by atoms with Crippen LogP contribution in [0.5, 0.6) is 0 Å². The van der Waals surface area contributed by atoms with Crippen LogP contribution in [0, 0.1) is 5.92 Å². The maximum atomic E-state index is 13.2. The van der Waals surface area contributed by atoms with Crippen LogP contribution >= 0.6 is 0 Å². The van der Waals surface area contributed by atoms with Gasteiger partial charge >= 0.3 is 12.1 Å². The first-order valence-electron chi connectivity index (χ1n) is 9.86. The number of aromatic amines is 1. The minimum absolute atomic E-state index is 0.153. The molecule has 0 spiro atoms. The first-order chi connectivity index (χ1) is 14.0. The quantitative estimate of drug-likeness (QED) is 0.633. The molecular weight excluding hydrogens is 372 g/mol. The molecule has 3 atom stereocenters. The van der Waals surface area contributed by atoms with Crippen LogP contribution in [0.25, 0.3) is 10.9 Å². The first-order valence-corrected chi connectivity index (χ1v) is 9.86. The molecule has 3 unspecified atom stereocenters. The van der Waals surface area contributed by atoms with Gasteiger partial charge in [0.2, 0.25) is 0 Å². The Balaban J connectivity index is 1.78. The number of piperidine rings is 1. The SMILES string of the molecule is C=CC12CN(C(=O)OCC)CCC1C(C(=O)OC)(c1cc3ccccc3[nH]1)CO2. The molecule has 1 aromatic carbocycles. The molecule has 1 N–H and O–H groups in total. The van der Waals surface area contributed by atoms with Crippen molar-refractivity contribution in [3.8, 4) is 0 Å². The number of benzene rings is 1. The van der Waals surface area contributed by atoms with E-state index in [2.05, 4.69) is 11.6 Å². The lowest BCUT2D eigenvalue weighted by Crippen LogP contribution is -2.58. The fraction of sp³-hybridized carbons (Fsp3) is 0.455. The summed E-state index contributed by atoms with van der Waals surface area (Å²) < 4.78 is 16.7. The number of nitrogens with zero attached hydrogens (tertiary/aromatic N) is 1. The van der Waals surface area contributed by atoms with E-state index >= 15 is 0 Å². The number of methoxy groups -OCH3 is 1. The van der Waals surface area contributed by atoms with Crippen molar-refractivity contribution < 1.29 is 23.8 Å². The summed E-state index contributed by atoms with van der Waals surface area (Å²) in [7, 11) is 1.40. The zero-order chi connectivity index (χ0) is 20.6. The molecule has 0 radical (unpaired) electrons. The number of ether oxygens (including phenoxy) is 3. The monoisotopic (exact) mass is 398 g/mol. The third kappa shape index (κ3) is 2.83. The number of hydrogen-bond acceptors (Lipinski definition) is 5. The highest BCUT2D eigenvalue weighted by atomic mass is 16.6. The van der Waals surface area contributed by atoms with Crippen molar-refractivity contribution in [2.75, 3.05) is 33.4 Å². The van der Waals surface area contributed by atoms with Crippen molar-refractivity contribution in [3.05, 3.63) is 48.7 Å². The van der Waals surface area contributed by atoms with Crippen LogP contribution in [-0.2, 0) is 24.4 Å². The number of rotatable bonds is 4. The smallest absolute Gasteiger partial charge is 0.409 e. The average Bonchev–Trinajstić information content (AvgIpc) is 3.33. The van der Waals surface area contributed by atoms with Crippen LogP contribution in [0.2, 0.25) is 0 Å². The molecule has 2 aromatic rings. The number of likely N-dealkylation sites (tertiary alicyclic amines) is 1. The van der Waals surface area contributed by atoms with Crippen molar-refractivity contribution in [1.82, 2.24) is 9.88 Å². The zero-order valence-electron chi connectivity index (χ0n) is 16.8. The molecule has 2 aliphatic rings. The summed E-state index contributed by atoms with van der Waals surface area (Å²) in [6.07, 6.45) is 1.91. The second kappa shape index (κ2) is 7.22. The lowest BCUT2D eigenvalue weighted by atomic mass is 9.65. The molecule has 154 valence electrons. The number of H-pyrrole nitrogens is 1. The molecule has 7 nitrogen and oxygen atoms in total. The largest absolute Gasteiger partial charge is 0.468 e. The highest BCUT2D eigenvalue weighted by Gasteiger charge is 2.65. The Bertz CT molecular complexity index is 921. The van der Waals surface area contributed by atoms with E-state index in [1.807, 2.05) is 30.3 Å². The van der Waals surface area contributed by atoms with E-state index in [0.717, 1.165) is 16.6 Å². The molecule has 2 aliphatic heterocycles. The lowest BCUT2D eigenvalue weighted by Gasteiger charge is -2.44. The summed E-state index contributed by atoms with van der Waals surface area (Å²) in [4.78, 5) is 30.5. The van der Waals surface area contributed by atoms with Crippen molar-refractivity contribution in [2.24, 2.45) is 5.92 Å². The normalized spacial score (nSPS) is 28.8. The van der Waals surface area contributed by atoms with Gasteiger partial charge in [0.1, 0.15) is 11.0 Å². The van der Waals surface area contributed by atoms with Gasteiger partial charge in [-0.3, -0.25) is 4.79 Å². The van der Waals surface area contributed by atoms with Gasteiger partial charge in [-0.15, -0.1) is 6.58 Å². The van der Waals surface area contributed by atoms with E-state index in [4.69, 9.17) is 14.2 Å². The van der Waals surface area contributed by atoms with E-state index in [1.165, 1.54) is 7.11 Å². The summed E-state index contributed by atoms with van der Waals surface area (Å²) in [6, 6.07) is 9.88. The Morgan fingerprint density at radius 3 is 2.90 bits per heavy atom. The Hall–Kier alpha value is -2.80. The fourth-order valence-electron chi connectivity index (χ4n) is 4.88. The molecule has 7 heteroatoms. The molecule has 29 heavy (non-hydrogen) atoms. The third-order valence-electron chi connectivity index (χ3n) is 6.31. The van der Waals surface area contributed by atoms with Crippen molar-refractivity contribution in [2.45, 2.75) is 24.4 Å². The number of carbonyl (C=O) groups is 2. The number of para-hydroxylation sites is 1. The molecule has 2 saturated heterocycles. The van der Waals surface area contributed by atoms with E-state index in [9.17, 15) is 9.59 Å². The standard InChI is InChI=1S/C22H26N2O5/c1-4-21-13-24(20(26)28-5-2)11-10-17(21)22(14-29-21,19(25)27-3)18-12-15-8-6-7-9-16(15)23-18/h4,6-9,12,17,23H,1,5,10-11,13-14H2,2-3H3. The molecule has 1 aromatic heterocycles. The highest BCUT2D eigenvalue weighted by Crippen LogP contribution is 2.52. The molecule has 0 saturated carbocycles. The van der Waals surface area contributed by atoms with Gasteiger partial charge < -0.3 is 24.1 Å². The first kappa shape index (κ1) is 19.5. The Kier molecular flexibility index (Phi) is 4.86. The summed E-state index contributed by atoms with van der Waals surface area (Å²) in [5.74, 6) is -0.568. The van der Waals surface area contributed by atoms with E-state index in [-0.39, 0.29) is 24.6 Å². The van der Waals surface area contributed by atoms with Crippen LogP contribution in [-0.4, -0.2) is 61.0 Å². The topological polar surface area (TPSA) is 80.9 Å². The van der Waals surface area contributed by atoms with E-state index in [1.54, 1.807) is 17.9 Å². The molecule has 3 heterocycles. The highest BCUT2D eigenvalue weighted by molar-refractivity contribution is 5.88. The van der Waals surface area contributed by atoms with Gasteiger partial charge in [0, 0.05) is 23.7 Å². The molecule has 1 amide bonds. The summed E-state index contributed by atoms with van der Waals surface area (Å²) in [5, 5.41) is 1.02. The predicted octanol–water partition coefficient (Wildman–Crippen LogP) is 3.01. The van der Waals surface area contributed by atoms with Gasteiger partial charge in [-0.1, -0.05) is 24.3 Å². The Morgan fingerprint density at radius 1 is 1.41 bits per heavy atom. The second-order valence-corrected chi connectivity index (χ2v) is 7.64. The van der Waals surface area contributed by atoms with Crippen LogP contribution in [0.3, 0.4) is 0 Å². The molecule has 2 fully saturated rings. The number of amides is 1. The maximum Gasteiger partial charge on any atom is 0.409 e. The summed E-state index contributed by atoms with van der Waals surface area (Å²) in [6.45, 7) is 6.98. The number of hydrogen-bond donors (Lipinski definition) is 1. The van der Waals surface area contributed by atoms with Crippen molar-refractivity contribution in [3.63, 3.8) is 0 Å². The third-order valence-corrected chi connectivity index (χ3v) is 6.31. The van der Waals surface area contributed by atoms with Crippen molar-refractivity contribution in [1.29, 1.82) is 0 Å². The van der Waals surface area contributed by atoms with Gasteiger partial charge in [-0.2, -0.15) is 0 Å². The van der Waals surface area contributed by atoms with E-state index in [0.29, 0.717) is 26.1 Å². The fourth-order valence-corrected chi connectivity index (χ4v) is 4.88. The van der Waals surface area contributed by atoms with Crippen LogP contribution < -0.4 is 0 Å². The number of aromatic nitrogens is 1. The van der Waals surface area contributed by atoms with Crippen LogP contribution in [0.1, 0.15) is 19.0 Å². The summed E-state index contributed by atoms with van der Waals surface area (Å²) >= 11 is 0. The molecule has 0 aliphatic carbocycles. The Morgan fingerprint density at radius 2 is 2.21 bits per heavy atom. The summed E-state index contributed by atoms with van der Waals surface area (Å²) in [5.41, 5.74) is -0.131. The lowest BCUT2D eigenvalue weighted by molar-refractivity contribution is -0.149. The zero-order valence-corrected chi connectivity index (χ0v) is 16.8. The minimum Gasteiger partial charge on any atom is -0.468 e. The minimum atomic E-state index is -0.997. The van der Waals surface area contributed by atoms with Crippen molar-refractivity contribution >= 4 is 23.0 Å². The van der Waals surface area contributed by atoms with E-state index < -0.39 is 11.0 Å². The van der Waals surface area contributed by atoms with Gasteiger partial charge in [-0.05, 0) is 30.9 Å². The molecule has 4 rings (SSSR count). The van der Waals surface area contributed by atoms with Gasteiger partial charge in [0.15, 0.2) is 0 Å². The number of fused-ring (bicyclic) bond motifs is 2. The number of esters is 1. The number of carbonyl (C=O) groups excluding carboxylic acids is 2. The molecule has 0 bridgehead atoms. The maximum absolute atomic E-state index is 13.2. The molecular formula is C22H26N2O5. The van der Waals surface area contributed by atoms with Crippen LogP contribution in [0.4, 0.5) is 4.79 Å². The average molecular weight is 398 g/mol. The van der Waals surface area contributed by atoms with Gasteiger partial charge in [0.05, 0.1) is 26.9 Å².